The van der Waals surface area contributed by atoms with Gasteiger partial charge in [-0.05, 0) is 25.0 Å². The van der Waals surface area contributed by atoms with E-state index in [4.69, 9.17) is 4.74 Å². The molecule has 110 valence electrons. The number of carboxylic acids is 1. The summed E-state index contributed by atoms with van der Waals surface area (Å²) in [5.41, 5.74) is -1.92. The molecule has 1 fully saturated rings. The topological polar surface area (TPSA) is 46.5 Å². The van der Waals surface area contributed by atoms with E-state index in [0.29, 0.717) is 31.7 Å². The van der Waals surface area contributed by atoms with Crippen molar-refractivity contribution in [3.8, 4) is 5.75 Å². The van der Waals surface area contributed by atoms with E-state index < -0.39 is 29.2 Å². The Hall–Kier alpha value is -1.72. The third-order valence-corrected chi connectivity index (χ3v) is 3.90. The molecule has 1 aromatic carbocycles. The van der Waals surface area contributed by atoms with Crippen LogP contribution < -0.4 is 4.74 Å². The van der Waals surface area contributed by atoms with Gasteiger partial charge in [0, 0.05) is 5.56 Å². The van der Waals surface area contributed by atoms with Crippen LogP contribution in [0.4, 0.5) is 13.2 Å². The summed E-state index contributed by atoms with van der Waals surface area (Å²) in [6.07, 6.45) is -1.01. The van der Waals surface area contributed by atoms with Crippen LogP contribution in [0.2, 0.25) is 0 Å². The first kappa shape index (κ1) is 14.7. The van der Waals surface area contributed by atoms with Crippen molar-refractivity contribution in [1.82, 2.24) is 0 Å². The van der Waals surface area contributed by atoms with Crippen molar-refractivity contribution in [3.05, 3.63) is 29.1 Å². The van der Waals surface area contributed by atoms with Gasteiger partial charge in [-0.2, -0.15) is 0 Å². The van der Waals surface area contributed by atoms with Gasteiger partial charge in [-0.1, -0.05) is 12.8 Å². The highest BCUT2D eigenvalue weighted by Gasteiger charge is 2.46. The average Bonchev–Trinajstić information content (AvgIpc) is 2.88. The molecule has 6 heteroatoms. The lowest BCUT2D eigenvalue weighted by molar-refractivity contribution is -0.143. The second-order valence-electron chi connectivity index (χ2n) is 4.97. The maximum Gasteiger partial charge on any atom is 0.314 e. The Labute approximate surface area is 114 Å². The molecule has 0 heterocycles. The number of ether oxygens (including phenoxy) is 1. The van der Waals surface area contributed by atoms with Crippen LogP contribution in [0, 0.1) is 5.82 Å². The largest absolute Gasteiger partial charge is 0.496 e. The van der Waals surface area contributed by atoms with Gasteiger partial charge in [0.15, 0.2) is 0 Å². The van der Waals surface area contributed by atoms with Crippen LogP contribution in [0.1, 0.15) is 43.2 Å². The average molecular weight is 288 g/mol. The predicted octanol–water partition coefficient (Wildman–Crippen LogP) is 3.67. The van der Waals surface area contributed by atoms with Gasteiger partial charge in [-0.15, -0.1) is 0 Å². The number of carbonyl (C=O) groups is 1. The van der Waals surface area contributed by atoms with Crippen molar-refractivity contribution in [2.75, 3.05) is 7.11 Å². The predicted molar refractivity (Wildman–Crippen MR) is 65.7 cm³/mol. The van der Waals surface area contributed by atoms with Gasteiger partial charge in [0.05, 0.1) is 18.1 Å². The Bertz CT molecular complexity index is 523. The minimum Gasteiger partial charge on any atom is -0.496 e. The summed E-state index contributed by atoms with van der Waals surface area (Å²) in [4.78, 5) is 11.6. The van der Waals surface area contributed by atoms with Crippen LogP contribution in [-0.4, -0.2) is 18.2 Å². The maximum absolute atomic E-state index is 13.6. The van der Waals surface area contributed by atoms with Crippen molar-refractivity contribution in [2.45, 2.75) is 37.5 Å². The highest BCUT2D eigenvalue weighted by atomic mass is 19.3. The molecule has 20 heavy (non-hydrogen) atoms. The monoisotopic (exact) mass is 288 g/mol. The summed E-state index contributed by atoms with van der Waals surface area (Å²) in [6, 6.07) is 1.70. The van der Waals surface area contributed by atoms with Crippen molar-refractivity contribution in [1.29, 1.82) is 0 Å². The highest BCUT2D eigenvalue weighted by molar-refractivity contribution is 5.83. The molecule has 1 aliphatic rings. The van der Waals surface area contributed by atoms with Gasteiger partial charge in [-0.25, -0.2) is 13.2 Å². The molecule has 0 aromatic heterocycles. The van der Waals surface area contributed by atoms with Crippen LogP contribution in [0.15, 0.2) is 12.1 Å². The van der Waals surface area contributed by atoms with Crippen molar-refractivity contribution in [2.24, 2.45) is 0 Å². The molecule has 1 aromatic rings. The molecule has 2 rings (SSSR count). The minimum absolute atomic E-state index is 0.0142. The zero-order valence-electron chi connectivity index (χ0n) is 11.0. The van der Waals surface area contributed by atoms with E-state index in [1.165, 1.54) is 7.11 Å². The molecule has 0 bridgehead atoms. The van der Waals surface area contributed by atoms with Crippen LogP contribution in [0.5, 0.6) is 5.75 Å². The lowest BCUT2D eigenvalue weighted by atomic mass is 9.77. The number of aliphatic carboxylic acids is 1. The first-order valence-electron chi connectivity index (χ1n) is 6.32. The molecule has 3 nitrogen and oxygen atoms in total. The fraction of sp³-hybridized carbons (Fsp3) is 0.500. The lowest BCUT2D eigenvalue weighted by Gasteiger charge is -2.27. The minimum atomic E-state index is -2.92. The SMILES string of the molecule is COc1c(C(F)F)cc(F)cc1C1(C(=O)O)CCCC1. The second kappa shape index (κ2) is 5.34. The fourth-order valence-electron chi connectivity index (χ4n) is 2.94. The van der Waals surface area contributed by atoms with Crippen molar-refractivity contribution in [3.63, 3.8) is 0 Å². The molecule has 1 N–H and O–H groups in total. The molecule has 1 saturated carbocycles. The smallest absolute Gasteiger partial charge is 0.314 e. The van der Waals surface area contributed by atoms with Crippen molar-refractivity contribution >= 4 is 5.97 Å². The van der Waals surface area contributed by atoms with E-state index in [-0.39, 0.29) is 11.3 Å². The van der Waals surface area contributed by atoms with E-state index in [0.717, 1.165) is 6.07 Å². The molecule has 0 amide bonds. The third-order valence-electron chi connectivity index (χ3n) is 3.90. The molecule has 0 atom stereocenters. The first-order valence-corrected chi connectivity index (χ1v) is 6.32. The van der Waals surface area contributed by atoms with Crippen molar-refractivity contribution < 1.29 is 27.8 Å². The Morgan fingerprint density at radius 2 is 1.95 bits per heavy atom. The van der Waals surface area contributed by atoms with Gasteiger partial charge in [0.1, 0.15) is 11.6 Å². The van der Waals surface area contributed by atoms with Gasteiger partial charge < -0.3 is 9.84 Å². The number of carboxylic acid groups (broad SMARTS) is 1. The molecular weight excluding hydrogens is 273 g/mol. The Morgan fingerprint density at radius 3 is 2.40 bits per heavy atom. The number of methoxy groups -OCH3 is 1. The van der Waals surface area contributed by atoms with Gasteiger partial charge in [0.25, 0.3) is 6.43 Å². The van der Waals surface area contributed by atoms with E-state index in [2.05, 4.69) is 0 Å². The van der Waals surface area contributed by atoms with Crippen LogP contribution in [0.25, 0.3) is 0 Å². The zero-order chi connectivity index (χ0) is 14.9. The highest BCUT2D eigenvalue weighted by Crippen LogP contribution is 2.47. The number of halogens is 3. The number of alkyl halides is 2. The summed E-state index contributed by atoms with van der Waals surface area (Å²) in [5.74, 6) is -2.21. The lowest BCUT2D eigenvalue weighted by Crippen LogP contribution is -2.33. The quantitative estimate of drug-likeness (QED) is 0.919. The summed E-state index contributed by atoms with van der Waals surface area (Å²) >= 11 is 0. The normalized spacial score (nSPS) is 17.4. The molecule has 0 spiro atoms. The fourth-order valence-corrected chi connectivity index (χ4v) is 2.94. The standard InChI is InChI=1S/C14H15F3O3/c1-20-11-9(12(16)17)6-8(15)7-10(11)14(13(18)19)4-2-3-5-14/h6-7,12H,2-5H2,1H3,(H,18,19). The number of hydrogen-bond donors (Lipinski definition) is 1. The number of rotatable bonds is 4. The van der Waals surface area contributed by atoms with Gasteiger partial charge >= 0.3 is 5.97 Å². The van der Waals surface area contributed by atoms with Crippen LogP contribution in [-0.2, 0) is 10.2 Å². The molecular formula is C14H15F3O3. The van der Waals surface area contributed by atoms with E-state index in [1.54, 1.807) is 0 Å². The summed E-state index contributed by atoms with van der Waals surface area (Å²) in [5, 5.41) is 9.49. The van der Waals surface area contributed by atoms with E-state index in [9.17, 15) is 23.1 Å². The zero-order valence-corrected chi connectivity index (χ0v) is 11.0. The van der Waals surface area contributed by atoms with E-state index >= 15 is 0 Å². The maximum atomic E-state index is 13.6. The summed E-state index contributed by atoms with van der Waals surface area (Å²) in [6.45, 7) is 0. The molecule has 0 radical (unpaired) electrons. The Balaban J connectivity index is 2.69. The van der Waals surface area contributed by atoms with E-state index in [1.807, 2.05) is 0 Å². The molecule has 0 saturated heterocycles. The molecule has 0 unspecified atom stereocenters. The summed E-state index contributed by atoms with van der Waals surface area (Å²) in [7, 11) is 1.19. The van der Waals surface area contributed by atoms with Gasteiger partial charge in [0.2, 0.25) is 0 Å². The third kappa shape index (κ3) is 2.23. The summed E-state index contributed by atoms with van der Waals surface area (Å²) < 4.78 is 44.6. The molecule has 1 aliphatic carbocycles. The first-order chi connectivity index (χ1) is 9.42. The number of benzene rings is 1. The Kier molecular flexibility index (Phi) is 3.92. The van der Waals surface area contributed by atoms with Crippen LogP contribution in [0.3, 0.4) is 0 Å². The Morgan fingerprint density at radius 1 is 1.35 bits per heavy atom. The van der Waals surface area contributed by atoms with Crippen LogP contribution >= 0.6 is 0 Å². The number of hydrogen-bond acceptors (Lipinski definition) is 2. The second-order valence-corrected chi connectivity index (χ2v) is 4.97. The van der Waals surface area contributed by atoms with Gasteiger partial charge in [-0.3, -0.25) is 4.79 Å². The molecule has 0 aliphatic heterocycles.